The van der Waals surface area contributed by atoms with Gasteiger partial charge < -0.3 is 14.2 Å². The summed E-state index contributed by atoms with van der Waals surface area (Å²) >= 11 is 0. The molecule has 566 valence electrons. The molecule has 0 aromatic rings. The van der Waals surface area contributed by atoms with E-state index < -0.39 is 5.41 Å². The van der Waals surface area contributed by atoms with Gasteiger partial charge in [0.1, 0.15) is 19.8 Å². The van der Waals surface area contributed by atoms with Crippen LogP contribution < -0.4 is 0 Å². The molecule has 0 aromatic carbocycles. The molecule has 0 aromatic heterocycles. The third kappa shape index (κ3) is 70.6. The number of ether oxygens (including phenoxy) is 3. The number of hydrogen-bond acceptors (Lipinski definition) is 6. The van der Waals surface area contributed by atoms with E-state index in [4.69, 9.17) is 14.2 Å². The van der Waals surface area contributed by atoms with Crippen LogP contribution >= 0.6 is 0 Å². The lowest BCUT2D eigenvalue weighted by Crippen LogP contribution is -2.38. The number of hydrogen-bond donors (Lipinski definition) is 0. The van der Waals surface area contributed by atoms with Crippen molar-refractivity contribution in [2.45, 2.75) is 511 Å². The first-order valence-electron chi connectivity index (χ1n) is 44.1. The lowest BCUT2D eigenvalue weighted by molar-refractivity contribution is -0.165. The van der Waals surface area contributed by atoms with E-state index in [1.807, 2.05) is 27.7 Å². The fourth-order valence-electron chi connectivity index (χ4n) is 14.3. The van der Waals surface area contributed by atoms with Crippen LogP contribution in [0.4, 0.5) is 0 Å². The van der Waals surface area contributed by atoms with Gasteiger partial charge in [-0.05, 0) is 26.2 Å². The van der Waals surface area contributed by atoms with Crippen LogP contribution in [0.25, 0.3) is 0 Å². The van der Waals surface area contributed by atoms with Gasteiger partial charge in [0.2, 0.25) is 0 Å². The Morgan fingerprint density at radius 2 is 0.305 bits per heavy atom. The van der Waals surface area contributed by atoms with E-state index >= 15 is 0 Å². The lowest BCUT2D eigenvalue weighted by atomic mass is 9.93. The van der Waals surface area contributed by atoms with Crippen molar-refractivity contribution >= 4 is 17.9 Å². The van der Waals surface area contributed by atoms with Crippen molar-refractivity contribution in [1.29, 1.82) is 0 Å². The summed E-state index contributed by atoms with van der Waals surface area (Å²) in [6.07, 6.45) is 97.1. The summed E-state index contributed by atoms with van der Waals surface area (Å²) in [5.74, 6) is -1.25. The zero-order valence-electron chi connectivity index (χ0n) is 66.2. The number of carbonyl (C=O) groups excluding carboxylic acids is 3. The molecular formula is C89H174O6. The quantitative estimate of drug-likeness (QED) is 0.0343. The Balaban J connectivity index is 4.57. The van der Waals surface area contributed by atoms with E-state index in [-0.39, 0.29) is 55.5 Å². The van der Waals surface area contributed by atoms with E-state index in [1.54, 1.807) is 0 Å². The fourth-order valence-corrected chi connectivity index (χ4v) is 14.3. The van der Waals surface area contributed by atoms with Gasteiger partial charge in [-0.2, -0.15) is 0 Å². The van der Waals surface area contributed by atoms with Crippen LogP contribution in [-0.4, -0.2) is 37.7 Å². The molecule has 0 N–H and O–H groups in total. The highest BCUT2D eigenvalue weighted by Crippen LogP contribution is 2.26. The first-order chi connectivity index (χ1) is 46.6. The SMILES string of the molecule is CCCCCCCCCCCCCCCCCCCCCCCCCC(C)C(=O)OCC(C)(COC(=O)C(C)CCCCCCCCCCCCCCCCCCCCCCCCC)COC(=O)C(C)CCCCCCCCCCCCCCCCCCCCCCCCC. The van der Waals surface area contributed by atoms with Crippen LogP contribution in [0, 0.1) is 23.2 Å². The van der Waals surface area contributed by atoms with Crippen LogP contribution in [0.15, 0.2) is 0 Å². The maximum absolute atomic E-state index is 13.4. The number of esters is 3. The maximum atomic E-state index is 13.4. The third-order valence-corrected chi connectivity index (χ3v) is 21.6. The second kappa shape index (κ2) is 76.6. The molecule has 0 rings (SSSR count). The van der Waals surface area contributed by atoms with Crippen molar-refractivity contribution in [1.82, 2.24) is 0 Å². The average molecular weight is 1340 g/mol. The molecule has 0 saturated heterocycles. The molecule has 3 unspecified atom stereocenters. The van der Waals surface area contributed by atoms with Gasteiger partial charge in [-0.3, -0.25) is 14.4 Å². The highest BCUT2D eigenvalue weighted by atomic mass is 16.6. The zero-order valence-corrected chi connectivity index (χ0v) is 66.2. The molecule has 0 fully saturated rings. The molecule has 3 atom stereocenters. The van der Waals surface area contributed by atoms with Crippen molar-refractivity contribution in [3.63, 3.8) is 0 Å². The summed E-state index contributed by atoms with van der Waals surface area (Å²) in [6, 6.07) is 0. The zero-order chi connectivity index (χ0) is 69.1. The van der Waals surface area contributed by atoms with Gasteiger partial charge in [-0.15, -0.1) is 0 Å². The largest absolute Gasteiger partial charge is 0.465 e. The van der Waals surface area contributed by atoms with Crippen LogP contribution in [-0.2, 0) is 28.6 Å². The summed E-state index contributed by atoms with van der Waals surface area (Å²) in [7, 11) is 0. The molecule has 6 nitrogen and oxygen atoms in total. The summed E-state index contributed by atoms with van der Waals surface area (Å²) in [6.45, 7) is 14.9. The molecule has 0 saturated carbocycles. The van der Waals surface area contributed by atoms with E-state index in [0.29, 0.717) is 0 Å². The molecule has 95 heavy (non-hydrogen) atoms. The minimum Gasteiger partial charge on any atom is -0.465 e. The monoisotopic (exact) mass is 1340 g/mol. The highest BCUT2D eigenvalue weighted by molar-refractivity contribution is 5.73. The first-order valence-corrected chi connectivity index (χ1v) is 44.1. The molecule has 6 heteroatoms. The van der Waals surface area contributed by atoms with Crippen molar-refractivity contribution in [3.05, 3.63) is 0 Å². The molecule has 0 amide bonds. The van der Waals surface area contributed by atoms with Crippen LogP contribution in [0.3, 0.4) is 0 Å². The molecule has 0 bridgehead atoms. The van der Waals surface area contributed by atoms with Crippen LogP contribution in [0.5, 0.6) is 0 Å². The van der Waals surface area contributed by atoms with E-state index in [9.17, 15) is 14.4 Å². The Kier molecular flexibility index (Phi) is 75.3. The normalized spacial score (nSPS) is 13.3. The minimum atomic E-state index is -0.829. The molecule has 0 aliphatic rings. The molecular weight excluding hydrogens is 1160 g/mol. The maximum Gasteiger partial charge on any atom is 0.308 e. The predicted octanol–water partition coefficient (Wildman–Crippen LogP) is 30.7. The second-order valence-electron chi connectivity index (χ2n) is 32.0. The Morgan fingerprint density at radius 1 is 0.200 bits per heavy atom. The van der Waals surface area contributed by atoms with E-state index in [0.717, 1.165) is 57.8 Å². The topological polar surface area (TPSA) is 78.9 Å². The van der Waals surface area contributed by atoms with Gasteiger partial charge >= 0.3 is 17.9 Å². The van der Waals surface area contributed by atoms with Crippen molar-refractivity contribution in [2.24, 2.45) is 23.2 Å². The summed E-state index contributed by atoms with van der Waals surface area (Å²) in [5.41, 5.74) is -0.829. The summed E-state index contributed by atoms with van der Waals surface area (Å²) in [4.78, 5) is 40.3. The Hall–Kier alpha value is -1.59. The number of carbonyl (C=O) groups is 3. The number of rotatable bonds is 81. The molecule has 0 radical (unpaired) electrons. The molecule has 0 heterocycles. The number of unbranched alkanes of at least 4 members (excludes halogenated alkanes) is 66. The Bertz CT molecular complexity index is 1350. The minimum absolute atomic E-state index is 0.0534. The predicted molar refractivity (Wildman–Crippen MR) is 418 cm³/mol. The lowest BCUT2D eigenvalue weighted by Gasteiger charge is -2.29. The smallest absolute Gasteiger partial charge is 0.308 e. The standard InChI is InChI=1S/C89H174O6/c1-8-11-14-17-20-23-26-29-32-35-38-41-44-47-50-53-56-59-62-65-68-71-74-77-83(4)86(90)93-80-89(7,81-94-87(91)84(5)78-75-72-69-66-63-60-57-54-51-48-45-42-39-36-33-30-27-24-21-18-15-12-9-2)82-95-88(92)85(6)79-76-73-70-67-64-61-58-55-52-49-46-43-40-37-34-31-28-25-22-19-16-13-10-3/h83-85H,8-82H2,1-7H3. The summed E-state index contributed by atoms with van der Waals surface area (Å²) in [5, 5.41) is 0. The van der Waals surface area contributed by atoms with Gasteiger partial charge in [-0.25, -0.2) is 0 Å². The van der Waals surface area contributed by atoms with E-state index in [2.05, 4.69) is 20.8 Å². The average Bonchev–Trinajstić information content (AvgIpc) is 1.28. The molecule has 0 aliphatic heterocycles. The second-order valence-corrected chi connectivity index (χ2v) is 32.0. The fraction of sp³-hybridized carbons (Fsp3) is 0.966. The van der Waals surface area contributed by atoms with Crippen molar-refractivity contribution in [3.8, 4) is 0 Å². The first kappa shape index (κ1) is 93.4. The van der Waals surface area contributed by atoms with Gasteiger partial charge in [0.15, 0.2) is 0 Å². The van der Waals surface area contributed by atoms with Gasteiger partial charge in [0, 0.05) is 0 Å². The molecule has 0 spiro atoms. The summed E-state index contributed by atoms with van der Waals surface area (Å²) < 4.78 is 18.0. The Morgan fingerprint density at radius 3 is 0.421 bits per heavy atom. The van der Waals surface area contributed by atoms with Gasteiger partial charge in [0.05, 0.1) is 23.2 Å². The third-order valence-electron chi connectivity index (χ3n) is 21.6. The van der Waals surface area contributed by atoms with Crippen LogP contribution in [0.2, 0.25) is 0 Å². The van der Waals surface area contributed by atoms with Gasteiger partial charge in [0.25, 0.3) is 0 Å². The molecule has 0 aliphatic carbocycles. The van der Waals surface area contributed by atoms with Crippen molar-refractivity contribution in [2.75, 3.05) is 19.8 Å². The Labute approximate surface area is 597 Å². The van der Waals surface area contributed by atoms with E-state index in [1.165, 1.54) is 405 Å². The van der Waals surface area contributed by atoms with Gasteiger partial charge in [-0.1, -0.05) is 485 Å². The highest BCUT2D eigenvalue weighted by Gasteiger charge is 2.33. The van der Waals surface area contributed by atoms with Crippen molar-refractivity contribution < 1.29 is 28.6 Å². The van der Waals surface area contributed by atoms with Crippen LogP contribution in [0.1, 0.15) is 511 Å².